The molecule has 0 amide bonds. The molecule has 0 heterocycles. The lowest BCUT2D eigenvalue weighted by Crippen LogP contribution is -1.99. The summed E-state index contributed by atoms with van der Waals surface area (Å²) in [5.41, 5.74) is 1.83. The number of carbonyl (C=O) groups excluding carboxylic acids is 1. The van der Waals surface area contributed by atoms with Crippen LogP contribution >= 0.6 is 11.6 Å². The quantitative estimate of drug-likeness (QED) is 0.742. The van der Waals surface area contributed by atoms with Gasteiger partial charge < -0.3 is 4.74 Å². The minimum absolute atomic E-state index is 0.180. The third kappa shape index (κ3) is 2.48. The maximum atomic E-state index is 14.2. The van der Waals surface area contributed by atoms with Crippen LogP contribution in [0.25, 0.3) is 11.1 Å². The minimum Gasteiger partial charge on any atom is -0.494 e. The van der Waals surface area contributed by atoms with Gasteiger partial charge in [0.25, 0.3) is 0 Å². The van der Waals surface area contributed by atoms with E-state index in [0.29, 0.717) is 17.4 Å². The van der Waals surface area contributed by atoms with Crippen molar-refractivity contribution in [3.8, 4) is 16.9 Å². The zero-order valence-electron chi connectivity index (χ0n) is 11.8. The average molecular weight is 323 g/mol. The van der Waals surface area contributed by atoms with E-state index in [2.05, 4.69) is 0 Å². The molecule has 0 atom stereocenters. The van der Waals surface area contributed by atoms with Crippen LogP contribution in [0.15, 0.2) is 24.3 Å². The number of ether oxygens (including phenoxy) is 1. The van der Waals surface area contributed by atoms with E-state index in [1.54, 1.807) is 6.07 Å². The van der Waals surface area contributed by atoms with E-state index in [-0.39, 0.29) is 22.3 Å². The van der Waals surface area contributed by atoms with Crippen molar-refractivity contribution in [2.24, 2.45) is 0 Å². The highest BCUT2D eigenvalue weighted by atomic mass is 35.5. The zero-order chi connectivity index (χ0) is 15.9. The molecule has 0 saturated heterocycles. The number of benzene rings is 2. The summed E-state index contributed by atoms with van der Waals surface area (Å²) in [6.45, 7) is 0. The summed E-state index contributed by atoms with van der Waals surface area (Å²) < 4.78 is 32.5. The molecule has 2 aromatic rings. The Kier molecular flexibility index (Phi) is 3.87. The number of methoxy groups -OCH3 is 1. The van der Waals surface area contributed by atoms with Crippen LogP contribution in [0, 0.1) is 11.6 Å². The Bertz CT molecular complexity index is 755. The number of halogens is 3. The maximum absolute atomic E-state index is 14.2. The third-order valence-corrected chi connectivity index (χ3v) is 4.19. The van der Waals surface area contributed by atoms with Crippen molar-refractivity contribution in [1.82, 2.24) is 0 Å². The van der Waals surface area contributed by atoms with E-state index in [0.717, 1.165) is 24.5 Å². The number of hydrogen-bond donors (Lipinski definition) is 0. The summed E-state index contributed by atoms with van der Waals surface area (Å²) >= 11 is 6.37. The zero-order valence-corrected chi connectivity index (χ0v) is 12.6. The lowest BCUT2D eigenvalue weighted by molar-refractivity contribution is 0.112. The smallest absolute Gasteiger partial charge is 0.153 e. The molecule has 1 aliphatic carbocycles. The lowest BCUT2D eigenvalue weighted by atomic mass is 9.93. The Labute approximate surface area is 131 Å². The number of carbonyl (C=O) groups is 1. The van der Waals surface area contributed by atoms with E-state index >= 15 is 0 Å². The van der Waals surface area contributed by atoms with E-state index in [1.165, 1.54) is 19.2 Å². The molecule has 0 N–H and O–H groups in total. The molecule has 114 valence electrons. The van der Waals surface area contributed by atoms with Crippen LogP contribution in [0.3, 0.4) is 0 Å². The van der Waals surface area contributed by atoms with Crippen molar-refractivity contribution in [2.45, 2.75) is 18.8 Å². The molecule has 0 spiro atoms. The highest BCUT2D eigenvalue weighted by Gasteiger charge is 2.31. The Morgan fingerprint density at radius 1 is 1.27 bits per heavy atom. The largest absolute Gasteiger partial charge is 0.494 e. The molecule has 22 heavy (non-hydrogen) atoms. The summed E-state index contributed by atoms with van der Waals surface area (Å²) in [4.78, 5) is 11.2. The molecule has 2 aromatic carbocycles. The fraction of sp³-hybridized carbons (Fsp3) is 0.235. The molecule has 0 radical (unpaired) electrons. The van der Waals surface area contributed by atoms with Gasteiger partial charge in [-0.1, -0.05) is 11.6 Å². The Hall–Kier alpha value is -1.94. The van der Waals surface area contributed by atoms with Crippen LogP contribution in [0.4, 0.5) is 8.78 Å². The summed E-state index contributed by atoms with van der Waals surface area (Å²) in [5, 5.41) is 0.180. The molecule has 0 bridgehead atoms. The summed E-state index contributed by atoms with van der Waals surface area (Å²) in [5.74, 6) is -0.895. The summed E-state index contributed by atoms with van der Waals surface area (Å²) in [6.07, 6.45) is 2.58. The Balaban J connectivity index is 2.31. The standard InChI is InChI=1S/C17H13ClF2O2/c1-22-17-10(8-21)6-13(9-2-3-9)15(16(17)18)12-5-4-11(19)7-14(12)20/h4-9H,2-3H2,1H3. The van der Waals surface area contributed by atoms with Gasteiger partial charge in [-0.25, -0.2) is 8.78 Å². The molecule has 1 aliphatic rings. The van der Waals surface area contributed by atoms with Gasteiger partial charge in [0.15, 0.2) is 6.29 Å². The van der Waals surface area contributed by atoms with Gasteiger partial charge in [-0.05, 0) is 42.5 Å². The molecule has 1 saturated carbocycles. The highest BCUT2D eigenvalue weighted by molar-refractivity contribution is 6.35. The SMILES string of the molecule is COc1c(C=O)cc(C2CC2)c(-c2ccc(F)cc2F)c1Cl. The second-order valence-corrected chi connectivity index (χ2v) is 5.67. The first-order valence-electron chi connectivity index (χ1n) is 6.87. The van der Waals surface area contributed by atoms with Crippen LogP contribution in [0.1, 0.15) is 34.7 Å². The van der Waals surface area contributed by atoms with Crippen molar-refractivity contribution >= 4 is 17.9 Å². The molecule has 3 rings (SSSR count). The molecular weight excluding hydrogens is 310 g/mol. The van der Waals surface area contributed by atoms with Crippen molar-refractivity contribution in [2.75, 3.05) is 7.11 Å². The molecule has 2 nitrogen and oxygen atoms in total. The van der Waals surface area contributed by atoms with Crippen molar-refractivity contribution in [3.63, 3.8) is 0 Å². The van der Waals surface area contributed by atoms with Gasteiger partial charge in [0.1, 0.15) is 17.4 Å². The van der Waals surface area contributed by atoms with Gasteiger partial charge in [0.2, 0.25) is 0 Å². The highest BCUT2D eigenvalue weighted by Crippen LogP contribution is 2.50. The van der Waals surface area contributed by atoms with Crippen LogP contribution in [0.2, 0.25) is 5.02 Å². The monoisotopic (exact) mass is 322 g/mol. The van der Waals surface area contributed by atoms with E-state index in [9.17, 15) is 13.6 Å². The van der Waals surface area contributed by atoms with Crippen molar-refractivity contribution < 1.29 is 18.3 Å². The van der Waals surface area contributed by atoms with Gasteiger partial charge in [-0.2, -0.15) is 0 Å². The fourth-order valence-electron chi connectivity index (χ4n) is 2.65. The maximum Gasteiger partial charge on any atom is 0.153 e. The Morgan fingerprint density at radius 3 is 2.55 bits per heavy atom. The van der Waals surface area contributed by atoms with Crippen molar-refractivity contribution in [1.29, 1.82) is 0 Å². The van der Waals surface area contributed by atoms with Crippen LogP contribution < -0.4 is 4.74 Å². The van der Waals surface area contributed by atoms with Gasteiger partial charge >= 0.3 is 0 Å². The van der Waals surface area contributed by atoms with Gasteiger partial charge in [0, 0.05) is 17.2 Å². The first kappa shape index (κ1) is 15.0. The second-order valence-electron chi connectivity index (χ2n) is 5.29. The minimum atomic E-state index is -0.690. The summed E-state index contributed by atoms with van der Waals surface area (Å²) in [7, 11) is 1.40. The predicted octanol–water partition coefficient (Wildman–Crippen LogP) is 4.98. The van der Waals surface area contributed by atoms with Crippen LogP contribution in [0.5, 0.6) is 5.75 Å². The molecular formula is C17H13ClF2O2. The number of hydrogen-bond acceptors (Lipinski definition) is 2. The van der Waals surface area contributed by atoms with Crippen molar-refractivity contribution in [3.05, 3.63) is 52.0 Å². The van der Waals surface area contributed by atoms with Crippen LogP contribution in [-0.2, 0) is 0 Å². The number of aldehydes is 1. The van der Waals surface area contributed by atoms with E-state index in [1.807, 2.05) is 0 Å². The van der Waals surface area contributed by atoms with E-state index in [4.69, 9.17) is 16.3 Å². The fourth-order valence-corrected chi connectivity index (χ4v) is 3.05. The van der Waals surface area contributed by atoms with Gasteiger partial charge in [-0.3, -0.25) is 4.79 Å². The molecule has 0 unspecified atom stereocenters. The van der Waals surface area contributed by atoms with Gasteiger partial charge in [0.05, 0.1) is 17.7 Å². The lowest BCUT2D eigenvalue weighted by Gasteiger charge is -2.17. The van der Waals surface area contributed by atoms with E-state index < -0.39 is 11.6 Å². The molecule has 1 fully saturated rings. The third-order valence-electron chi connectivity index (χ3n) is 3.83. The molecule has 0 aromatic heterocycles. The topological polar surface area (TPSA) is 26.3 Å². The first-order chi connectivity index (χ1) is 10.6. The van der Waals surface area contributed by atoms with Crippen LogP contribution in [-0.4, -0.2) is 13.4 Å². The first-order valence-corrected chi connectivity index (χ1v) is 7.25. The second kappa shape index (κ2) is 5.69. The average Bonchev–Trinajstić information content (AvgIpc) is 3.32. The normalized spacial score (nSPS) is 14.0. The summed E-state index contributed by atoms with van der Waals surface area (Å²) in [6, 6.07) is 5.05. The molecule has 0 aliphatic heterocycles. The van der Waals surface area contributed by atoms with Gasteiger partial charge in [-0.15, -0.1) is 0 Å². The number of rotatable bonds is 4. The predicted molar refractivity (Wildman–Crippen MR) is 80.7 cm³/mol. The molecule has 5 heteroatoms. The Morgan fingerprint density at radius 2 is 2.00 bits per heavy atom.